The van der Waals surface area contributed by atoms with Crippen molar-refractivity contribution in [2.75, 3.05) is 0 Å². The zero-order chi connectivity index (χ0) is 12.7. The summed E-state index contributed by atoms with van der Waals surface area (Å²) in [6, 6.07) is 0. The van der Waals surface area contributed by atoms with E-state index in [1.807, 2.05) is 6.92 Å². The van der Waals surface area contributed by atoms with Crippen LogP contribution in [0.1, 0.15) is 65.2 Å². The molecule has 17 heavy (non-hydrogen) atoms. The molecule has 0 aromatic carbocycles. The first kappa shape index (κ1) is 14.3. The molecule has 1 unspecified atom stereocenters. The maximum Gasteiger partial charge on any atom is 0.114 e. The van der Waals surface area contributed by atoms with Crippen LogP contribution in [0.15, 0.2) is 23.0 Å². The number of allylic oxidation sites excluding steroid dienone is 1. The van der Waals surface area contributed by atoms with Crippen molar-refractivity contribution in [1.29, 1.82) is 0 Å². The second-order valence-electron chi connectivity index (χ2n) is 5.12. The monoisotopic (exact) mass is 238 g/mol. The molecule has 0 spiro atoms. The quantitative estimate of drug-likeness (QED) is 0.651. The van der Waals surface area contributed by atoms with Crippen molar-refractivity contribution in [2.24, 2.45) is 0 Å². The van der Waals surface area contributed by atoms with Gasteiger partial charge in [0.05, 0.1) is 6.10 Å². The number of unbranched alkanes of at least 4 members (excludes halogenated alkanes) is 5. The van der Waals surface area contributed by atoms with Gasteiger partial charge in [-0.1, -0.05) is 39.0 Å². The van der Waals surface area contributed by atoms with Gasteiger partial charge >= 0.3 is 0 Å². The van der Waals surface area contributed by atoms with Crippen LogP contribution >= 0.6 is 0 Å². The minimum Gasteiger partial charge on any atom is -0.508 e. The molecule has 0 radical (unpaired) electrons. The number of hydrogen-bond acceptors (Lipinski definition) is 2. The van der Waals surface area contributed by atoms with Crippen LogP contribution in [0.3, 0.4) is 0 Å². The third kappa shape index (κ3) is 4.95. The van der Waals surface area contributed by atoms with Crippen molar-refractivity contribution >= 4 is 0 Å². The lowest BCUT2D eigenvalue weighted by Gasteiger charge is -2.20. The van der Waals surface area contributed by atoms with Gasteiger partial charge in [0.25, 0.3) is 0 Å². The largest absolute Gasteiger partial charge is 0.508 e. The number of aliphatic hydroxyl groups is 2. The van der Waals surface area contributed by atoms with Gasteiger partial charge < -0.3 is 10.2 Å². The summed E-state index contributed by atoms with van der Waals surface area (Å²) in [6.45, 7) is 4.09. The van der Waals surface area contributed by atoms with Crippen LogP contribution in [-0.2, 0) is 0 Å². The zero-order valence-electron chi connectivity index (χ0n) is 11.2. The Bertz CT molecular complexity index is 289. The van der Waals surface area contributed by atoms with Gasteiger partial charge in [-0.15, -0.1) is 0 Å². The molecule has 0 heterocycles. The highest BCUT2D eigenvalue weighted by atomic mass is 16.3. The molecule has 0 aliphatic heterocycles. The molecule has 0 fully saturated rings. The van der Waals surface area contributed by atoms with Gasteiger partial charge in [0.1, 0.15) is 5.76 Å². The maximum atomic E-state index is 9.88. The Hall–Kier alpha value is -0.760. The maximum absolute atomic E-state index is 9.88. The molecule has 2 nitrogen and oxygen atoms in total. The van der Waals surface area contributed by atoms with Crippen molar-refractivity contribution in [3.63, 3.8) is 0 Å². The number of hydrogen-bond donors (Lipinski definition) is 2. The summed E-state index contributed by atoms with van der Waals surface area (Å²) < 4.78 is 0. The molecule has 98 valence electrons. The van der Waals surface area contributed by atoms with Crippen molar-refractivity contribution in [2.45, 2.75) is 71.3 Å². The molecule has 2 heteroatoms. The van der Waals surface area contributed by atoms with Crippen molar-refractivity contribution < 1.29 is 10.2 Å². The van der Waals surface area contributed by atoms with Crippen LogP contribution < -0.4 is 0 Å². The van der Waals surface area contributed by atoms with Crippen molar-refractivity contribution in [3.05, 3.63) is 23.0 Å². The number of aliphatic hydroxyl groups excluding tert-OH is 2. The summed E-state index contributed by atoms with van der Waals surface area (Å²) in [4.78, 5) is 0. The van der Waals surface area contributed by atoms with E-state index in [-0.39, 0.29) is 6.10 Å². The summed E-state index contributed by atoms with van der Waals surface area (Å²) in [5.74, 6) is 0.358. The topological polar surface area (TPSA) is 40.5 Å². The van der Waals surface area contributed by atoms with Crippen LogP contribution in [0, 0.1) is 0 Å². The van der Waals surface area contributed by atoms with Crippen LogP contribution in [0.2, 0.25) is 0 Å². The van der Waals surface area contributed by atoms with Gasteiger partial charge in [-0.2, -0.15) is 0 Å². The van der Waals surface area contributed by atoms with Gasteiger partial charge in [0.2, 0.25) is 0 Å². The van der Waals surface area contributed by atoms with Crippen molar-refractivity contribution in [3.8, 4) is 0 Å². The van der Waals surface area contributed by atoms with Gasteiger partial charge in [-0.3, -0.25) is 0 Å². The highest BCUT2D eigenvalue weighted by Crippen LogP contribution is 2.26. The minimum atomic E-state index is -0.374. The summed E-state index contributed by atoms with van der Waals surface area (Å²) in [6.07, 6.45) is 10.5. The van der Waals surface area contributed by atoms with Crippen LogP contribution in [0.4, 0.5) is 0 Å². The van der Waals surface area contributed by atoms with E-state index in [2.05, 4.69) is 6.92 Å². The molecule has 1 aliphatic carbocycles. The average molecular weight is 238 g/mol. The van der Waals surface area contributed by atoms with Gasteiger partial charge in [-0.05, 0) is 37.0 Å². The smallest absolute Gasteiger partial charge is 0.114 e. The molecule has 0 aromatic rings. The molecule has 0 aromatic heterocycles. The van der Waals surface area contributed by atoms with Crippen LogP contribution in [0.25, 0.3) is 0 Å². The molecule has 1 aliphatic rings. The molecule has 0 saturated carbocycles. The molecular formula is C15H26O2. The normalized spacial score (nSPS) is 20.6. The second kappa shape index (κ2) is 7.54. The fraction of sp³-hybridized carbons (Fsp3) is 0.733. The summed E-state index contributed by atoms with van der Waals surface area (Å²) in [5.41, 5.74) is 1.90. The first-order valence-electron chi connectivity index (χ1n) is 6.92. The Morgan fingerprint density at radius 1 is 1.18 bits per heavy atom. The van der Waals surface area contributed by atoms with E-state index < -0.39 is 0 Å². The van der Waals surface area contributed by atoms with Crippen LogP contribution in [-0.4, -0.2) is 16.3 Å². The van der Waals surface area contributed by atoms with Gasteiger partial charge in [-0.25, -0.2) is 0 Å². The Morgan fingerprint density at radius 2 is 1.82 bits per heavy atom. The molecule has 1 rings (SSSR count). The SMILES string of the molecule is CCCCCCCCC1=CC(O)=C(C)CC1O. The lowest BCUT2D eigenvalue weighted by atomic mass is 9.91. The van der Waals surface area contributed by atoms with Crippen molar-refractivity contribution in [1.82, 2.24) is 0 Å². The third-order valence-corrected chi connectivity index (χ3v) is 3.51. The highest BCUT2D eigenvalue weighted by molar-refractivity contribution is 5.30. The summed E-state index contributed by atoms with van der Waals surface area (Å²) in [7, 11) is 0. The van der Waals surface area contributed by atoms with Crippen LogP contribution in [0.5, 0.6) is 0 Å². The molecule has 2 N–H and O–H groups in total. The van der Waals surface area contributed by atoms with Gasteiger partial charge in [0.15, 0.2) is 0 Å². The Balaban J connectivity index is 2.25. The van der Waals surface area contributed by atoms with E-state index in [9.17, 15) is 10.2 Å². The molecule has 0 saturated heterocycles. The minimum absolute atomic E-state index is 0.358. The second-order valence-corrected chi connectivity index (χ2v) is 5.12. The molecule has 0 bridgehead atoms. The van der Waals surface area contributed by atoms with E-state index in [4.69, 9.17) is 0 Å². The Kier molecular flexibility index (Phi) is 6.35. The summed E-state index contributed by atoms with van der Waals surface area (Å²) >= 11 is 0. The van der Waals surface area contributed by atoms with E-state index in [0.29, 0.717) is 12.2 Å². The average Bonchev–Trinajstić information content (AvgIpc) is 2.30. The zero-order valence-corrected chi connectivity index (χ0v) is 11.2. The van der Waals surface area contributed by atoms with Gasteiger partial charge in [0, 0.05) is 6.42 Å². The van der Waals surface area contributed by atoms with E-state index >= 15 is 0 Å². The van der Waals surface area contributed by atoms with E-state index in [1.54, 1.807) is 6.08 Å². The van der Waals surface area contributed by atoms with E-state index in [0.717, 1.165) is 24.0 Å². The highest BCUT2D eigenvalue weighted by Gasteiger charge is 2.18. The summed E-state index contributed by atoms with van der Waals surface area (Å²) in [5, 5.41) is 19.5. The fourth-order valence-corrected chi connectivity index (χ4v) is 2.27. The third-order valence-electron chi connectivity index (χ3n) is 3.51. The lowest BCUT2D eigenvalue weighted by molar-refractivity contribution is 0.199. The Labute approximate surface area is 105 Å². The predicted molar refractivity (Wildman–Crippen MR) is 72.0 cm³/mol. The fourth-order valence-electron chi connectivity index (χ4n) is 2.27. The molecular weight excluding hydrogens is 212 g/mol. The molecule has 1 atom stereocenters. The lowest BCUT2D eigenvalue weighted by Crippen LogP contribution is -2.15. The number of rotatable bonds is 7. The first-order chi connectivity index (χ1) is 8.15. The first-order valence-corrected chi connectivity index (χ1v) is 6.92. The standard InChI is InChI=1S/C15H26O2/c1-3-4-5-6-7-8-9-13-11-14(16)12(2)10-15(13)17/h11,15-17H,3-10H2,1-2H3. The van der Waals surface area contributed by atoms with E-state index in [1.165, 1.54) is 32.1 Å². The predicted octanol–water partition coefficient (Wildman–Crippen LogP) is 4.26. The molecule has 0 amide bonds. The Morgan fingerprint density at radius 3 is 2.53 bits per heavy atom.